The molecule has 0 radical (unpaired) electrons. The maximum atomic E-state index is 6.50. The van der Waals surface area contributed by atoms with Crippen LogP contribution in [0.15, 0.2) is 120 Å². The van der Waals surface area contributed by atoms with Crippen LogP contribution in [0.2, 0.25) is 0 Å². The highest BCUT2D eigenvalue weighted by molar-refractivity contribution is 6.22. The molecule has 5 aromatic carbocycles. The van der Waals surface area contributed by atoms with Gasteiger partial charge in [-0.2, -0.15) is 0 Å². The Bertz CT molecular complexity index is 2350. The maximum absolute atomic E-state index is 6.50. The van der Waals surface area contributed by atoms with Crippen LogP contribution in [-0.4, -0.2) is 14.5 Å². The number of fused-ring (bicyclic) bond motifs is 7. The Morgan fingerprint density at radius 3 is 2.24 bits per heavy atom. The van der Waals surface area contributed by atoms with Crippen molar-refractivity contribution in [2.75, 3.05) is 0 Å². The van der Waals surface area contributed by atoms with Gasteiger partial charge in [-0.1, -0.05) is 94.4 Å². The van der Waals surface area contributed by atoms with E-state index in [0.29, 0.717) is 11.8 Å². The van der Waals surface area contributed by atoms with Gasteiger partial charge in [0.2, 0.25) is 0 Å². The molecule has 0 amide bonds. The average molecular weight is 588 g/mol. The van der Waals surface area contributed by atoms with Crippen molar-refractivity contribution < 1.29 is 9.15 Å². The summed E-state index contributed by atoms with van der Waals surface area (Å²) in [6.07, 6.45) is 5.78. The lowest BCUT2D eigenvalue weighted by Gasteiger charge is -2.22. The molecule has 8 aromatic rings. The second-order valence-corrected chi connectivity index (χ2v) is 12.3. The van der Waals surface area contributed by atoms with Crippen molar-refractivity contribution in [2.24, 2.45) is 0 Å². The maximum Gasteiger partial charge on any atom is 0.154 e. The van der Waals surface area contributed by atoms with E-state index in [0.717, 1.165) is 66.5 Å². The van der Waals surface area contributed by atoms with Gasteiger partial charge >= 0.3 is 0 Å². The molecule has 5 heteroatoms. The molecule has 45 heavy (non-hydrogen) atoms. The summed E-state index contributed by atoms with van der Waals surface area (Å²) in [7, 11) is 0. The summed E-state index contributed by atoms with van der Waals surface area (Å²) in [4.78, 5) is 9.67. The summed E-state index contributed by atoms with van der Waals surface area (Å²) in [5.41, 5.74) is 7.42. The van der Waals surface area contributed by atoms with E-state index in [4.69, 9.17) is 19.1 Å². The molecule has 220 valence electrons. The first kappa shape index (κ1) is 27.2. The lowest BCUT2D eigenvalue weighted by atomic mass is 9.92. The minimum absolute atomic E-state index is 0.380. The van der Waals surface area contributed by atoms with Crippen LogP contribution in [0.4, 0.5) is 0 Å². The lowest BCUT2D eigenvalue weighted by Crippen LogP contribution is -2.07. The van der Waals surface area contributed by atoms with Crippen LogP contribution >= 0.6 is 0 Å². The number of benzene rings is 5. The molecule has 0 aliphatic heterocycles. The summed E-state index contributed by atoms with van der Waals surface area (Å²) in [5, 5.41) is 5.40. The Hall–Kier alpha value is -5.42. The van der Waals surface area contributed by atoms with Crippen molar-refractivity contribution in [2.45, 2.75) is 39.5 Å². The van der Waals surface area contributed by atoms with E-state index >= 15 is 0 Å². The van der Waals surface area contributed by atoms with Gasteiger partial charge in [0.05, 0.1) is 17.4 Å². The zero-order valence-corrected chi connectivity index (χ0v) is 25.8. The predicted molar refractivity (Wildman–Crippen MR) is 184 cm³/mol. The van der Waals surface area contributed by atoms with Crippen molar-refractivity contribution in [3.05, 3.63) is 127 Å². The van der Waals surface area contributed by atoms with Crippen molar-refractivity contribution in [3.8, 4) is 28.6 Å². The van der Waals surface area contributed by atoms with E-state index in [1.807, 2.05) is 48.8 Å². The number of imidazole rings is 1. The van der Waals surface area contributed by atoms with Crippen LogP contribution in [0, 0.1) is 0 Å². The van der Waals surface area contributed by atoms with E-state index in [1.165, 1.54) is 16.8 Å². The Morgan fingerprint density at radius 1 is 0.667 bits per heavy atom. The molecule has 0 aliphatic carbocycles. The van der Waals surface area contributed by atoms with E-state index in [-0.39, 0.29) is 0 Å². The van der Waals surface area contributed by atoms with Crippen LogP contribution in [0.1, 0.15) is 50.7 Å². The molecule has 0 saturated heterocycles. The SMILES string of the molecule is CC(C)c1cccc(C(C)C)c1-n1ccnc1-c1cccc(Oc2ccc3ccc4c(ncc5oc6ccccc6c54)c3c2)c1. The molecule has 0 atom stereocenters. The van der Waals surface area contributed by atoms with Crippen LogP contribution in [-0.2, 0) is 0 Å². The summed E-state index contributed by atoms with van der Waals surface area (Å²) >= 11 is 0. The zero-order chi connectivity index (χ0) is 30.7. The molecule has 3 heterocycles. The largest absolute Gasteiger partial charge is 0.457 e. The summed E-state index contributed by atoms with van der Waals surface area (Å²) in [6.45, 7) is 8.99. The van der Waals surface area contributed by atoms with E-state index < -0.39 is 0 Å². The minimum Gasteiger partial charge on any atom is -0.457 e. The molecular weight excluding hydrogens is 554 g/mol. The first-order chi connectivity index (χ1) is 22.0. The highest BCUT2D eigenvalue weighted by Crippen LogP contribution is 2.38. The number of para-hydroxylation sites is 2. The third-order valence-electron chi connectivity index (χ3n) is 8.72. The van der Waals surface area contributed by atoms with Gasteiger partial charge in [-0.15, -0.1) is 0 Å². The molecule has 8 rings (SSSR count). The number of nitrogens with zero attached hydrogens (tertiary/aromatic N) is 3. The Kier molecular flexibility index (Phi) is 6.42. The van der Waals surface area contributed by atoms with E-state index in [9.17, 15) is 0 Å². The molecule has 3 aromatic heterocycles. The molecular formula is C40H33N3O2. The van der Waals surface area contributed by atoms with Crippen LogP contribution in [0.5, 0.6) is 11.5 Å². The number of hydrogen-bond donors (Lipinski definition) is 0. The number of hydrogen-bond acceptors (Lipinski definition) is 4. The van der Waals surface area contributed by atoms with Crippen molar-refractivity contribution in [1.82, 2.24) is 14.5 Å². The van der Waals surface area contributed by atoms with Crippen molar-refractivity contribution in [1.29, 1.82) is 0 Å². The number of ether oxygens (including phenoxy) is 1. The fourth-order valence-electron chi connectivity index (χ4n) is 6.57. The average Bonchev–Trinajstić information content (AvgIpc) is 3.69. The number of aromatic nitrogens is 3. The molecule has 0 N–H and O–H groups in total. The summed E-state index contributed by atoms with van der Waals surface area (Å²) < 4.78 is 14.8. The lowest BCUT2D eigenvalue weighted by molar-refractivity contribution is 0.483. The second kappa shape index (κ2) is 10.6. The fourth-order valence-corrected chi connectivity index (χ4v) is 6.57. The third-order valence-corrected chi connectivity index (χ3v) is 8.72. The highest BCUT2D eigenvalue weighted by atomic mass is 16.5. The Balaban J connectivity index is 1.19. The highest BCUT2D eigenvalue weighted by Gasteiger charge is 2.19. The van der Waals surface area contributed by atoms with Crippen LogP contribution < -0.4 is 4.74 Å². The number of furan rings is 1. The second-order valence-electron chi connectivity index (χ2n) is 12.3. The minimum atomic E-state index is 0.380. The van der Waals surface area contributed by atoms with Crippen molar-refractivity contribution >= 4 is 43.6 Å². The smallest absolute Gasteiger partial charge is 0.154 e. The first-order valence-corrected chi connectivity index (χ1v) is 15.5. The molecule has 0 spiro atoms. The third kappa shape index (κ3) is 4.54. The summed E-state index contributed by atoms with van der Waals surface area (Å²) in [6, 6.07) is 33.4. The zero-order valence-electron chi connectivity index (χ0n) is 25.8. The molecule has 0 aliphatic rings. The number of rotatable bonds is 6. The van der Waals surface area contributed by atoms with Gasteiger partial charge in [0.25, 0.3) is 0 Å². The van der Waals surface area contributed by atoms with Crippen LogP contribution in [0.3, 0.4) is 0 Å². The van der Waals surface area contributed by atoms with Crippen molar-refractivity contribution in [3.63, 3.8) is 0 Å². The van der Waals surface area contributed by atoms with Gasteiger partial charge in [0.1, 0.15) is 22.9 Å². The van der Waals surface area contributed by atoms with Gasteiger partial charge in [-0.05, 0) is 58.7 Å². The Labute approximate surface area is 261 Å². The van der Waals surface area contributed by atoms with Gasteiger partial charge < -0.3 is 9.15 Å². The van der Waals surface area contributed by atoms with Crippen LogP contribution in [0.25, 0.3) is 60.7 Å². The van der Waals surface area contributed by atoms with Gasteiger partial charge in [-0.3, -0.25) is 9.55 Å². The molecule has 0 saturated carbocycles. The van der Waals surface area contributed by atoms with E-state index in [2.05, 4.69) is 99.1 Å². The topological polar surface area (TPSA) is 53.1 Å². The molecule has 0 fully saturated rings. The molecule has 0 bridgehead atoms. The van der Waals surface area contributed by atoms with Gasteiger partial charge in [0.15, 0.2) is 5.58 Å². The molecule has 5 nitrogen and oxygen atoms in total. The standard InChI is InChI=1S/C40H33N3O2/c1-24(2)30-12-8-13-31(25(3)4)39(30)43-20-19-41-40(43)27-9-7-10-28(21-27)44-29-17-15-26-16-18-33-37-32-11-5-6-14-35(32)45-36(37)23-42-38(33)34(26)22-29/h5-25H,1-4H3. The monoisotopic (exact) mass is 587 g/mol. The Morgan fingerprint density at radius 2 is 1.42 bits per heavy atom. The fraction of sp³-hybridized carbons (Fsp3) is 0.150. The summed E-state index contributed by atoms with van der Waals surface area (Å²) in [5.74, 6) is 3.15. The predicted octanol–water partition coefficient (Wildman–Crippen LogP) is 11.2. The molecule has 0 unspecified atom stereocenters. The number of pyridine rings is 1. The normalized spacial score (nSPS) is 12.0. The quantitative estimate of drug-likeness (QED) is 0.182. The van der Waals surface area contributed by atoms with Gasteiger partial charge in [-0.25, -0.2) is 4.98 Å². The van der Waals surface area contributed by atoms with Gasteiger partial charge in [0, 0.05) is 39.5 Å². The van der Waals surface area contributed by atoms with E-state index in [1.54, 1.807) is 0 Å². The first-order valence-electron chi connectivity index (χ1n) is 15.5.